The molecule has 2 unspecified atom stereocenters. The third-order valence-corrected chi connectivity index (χ3v) is 3.87. The van der Waals surface area contributed by atoms with Crippen LogP contribution in [-0.4, -0.2) is 26.2 Å². The van der Waals surface area contributed by atoms with Gasteiger partial charge in [0.05, 0.1) is 13.0 Å². The fourth-order valence-electron chi connectivity index (χ4n) is 2.98. The minimum absolute atomic E-state index is 0.0121. The van der Waals surface area contributed by atoms with E-state index < -0.39 is 0 Å². The average Bonchev–Trinajstić information content (AvgIpc) is 2.36. The molecule has 0 aliphatic heterocycles. The molecule has 0 heterocycles. The lowest BCUT2D eigenvalue weighted by Crippen LogP contribution is -2.44. The number of ether oxygens (including phenoxy) is 1. The number of carbonyl (C=O) groups is 1. The highest BCUT2D eigenvalue weighted by Crippen LogP contribution is 2.30. The van der Waals surface area contributed by atoms with Crippen molar-refractivity contribution >= 4 is 5.97 Å². The Labute approximate surface area is 98.9 Å². The van der Waals surface area contributed by atoms with Crippen molar-refractivity contribution in [1.29, 1.82) is 0 Å². The van der Waals surface area contributed by atoms with E-state index >= 15 is 0 Å². The summed E-state index contributed by atoms with van der Waals surface area (Å²) in [5, 5.41) is 3.34. The third-order valence-electron chi connectivity index (χ3n) is 3.87. The lowest BCUT2D eigenvalue weighted by atomic mass is 9.78. The summed E-state index contributed by atoms with van der Waals surface area (Å²) in [6.45, 7) is 2.06. The first-order valence-electron chi connectivity index (χ1n) is 6.49. The Morgan fingerprint density at radius 1 is 1.38 bits per heavy atom. The lowest BCUT2D eigenvalue weighted by Gasteiger charge is -2.34. The first kappa shape index (κ1) is 13.5. The molecule has 0 radical (unpaired) electrons. The van der Waals surface area contributed by atoms with E-state index in [0.717, 1.165) is 6.42 Å². The van der Waals surface area contributed by atoms with Crippen LogP contribution < -0.4 is 5.32 Å². The fourth-order valence-corrected chi connectivity index (χ4v) is 2.98. The minimum atomic E-state index is -0.0626. The molecule has 1 aliphatic carbocycles. The average molecular weight is 227 g/mol. The molecule has 0 aromatic rings. The van der Waals surface area contributed by atoms with Crippen LogP contribution in [-0.2, 0) is 9.53 Å². The number of methoxy groups -OCH3 is 1. The van der Waals surface area contributed by atoms with Gasteiger partial charge in [0.1, 0.15) is 0 Å². The maximum Gasteiger partial charge on any atom is 0.310 e. The van der Waals surface area contributed by atoms with Crippen molar-refractivity contribution in [3.8, 4) is 0 Å². The predicted molar refractivity (Wildman–Crippen MR) is 65.2 cm³/mol. The topological polar surface area (TPSA) is 38.3 Å². The molecule has 1 aliphatic rings. The van der Waals surface area contributed by atoms with Crippen molar-refractivity contribution in [3.05, 3.63) is 0 Å². The number of esters is 1. The van der Waals surface area contributed by atoms with Crippen molar-refractivity contribution in [2.45, 2.75) is 51.5 Å². The molecule has 3 nitrogen and oxygen atoms in total. The summed E-state index contributed by atoms with van der Waals surface area (Å²) in [6, 6.07) is 0.290. The molecule has 3 heteroatoms. The van der Waals surface area contributed by atoms with E-state index in [4.69, 9.17) is 4.74 Å². The van der Waals surface area contributed by atoms with Gasteiger partial charge in [0.2, 0.25) is 0 Å². The molecule has 0 amide bonds. The van der Waals surface area contributed by atoms with Gasteiger partial charge in [0, 0.05) is 6.04 Å². The number of hydrogen-bond donors (Lipinski definition) is 1. The fraction of sp³-hybridized carbons (Fsp3) is 0.923. The molecule has 0 saturated heterocycles. The Bertz CT molecular complexity index is 212. The molecule has 1 rings (SSSR count). The van der Waals surface area contributed by atoms with Crippen LogP contribution in [0.3, 0.4) is 0 Å². The van der Waals surface area contributed by atoms with Gasteiger partial charge in [0.15, 0.2) is 0 Å². The molecule has 94 valence electrons. The van der Waals surface area contributed by atoms with Gasteiger partial charge in [-0.1, -0.05) is 26.2 Å². The molecule has 0 spiro atoms. The largest absolute Gasteiger partial charge is 0.469 e. The first-order chi connectivity index (χ1) is 7.74. The highest BCUT2D eigenvalue weighted by molar-refractivity contribution is 5.73. The van der Waals surface area contributed by atoms with Crippen LogP contribution in [0.25, 0.3) is 0 Å². The van der Waals surface area contributed by atoms with Crippen LogP contribution in [0.1, 0.15) is 45.4 Å². The second-order valence-electron chi connectivity index (χ2n) is 4.75. The van der Waals surface area contributed by atoms with Gasteiger partial charge in [-0.15, -0.1) is 0 Å². The van der Waals surface area contributed by atoms with Gasteiger partial charge in [-0.3, -0.25) is 4.79 Å². The molecule has 0 aromatic heterocycles. The smallest absolute Gasteiger partial charge is 0.310 e. The summed E-state index contributed by atoms with van der Waals surface area (Å²) in [4.78, 5) is 11.7. The number of rotatable bonds is 5. The van der Waals surface area contributed by atoms with Gasteiger partial charge in [-0.2, -0.15) is 0 Å². The summed E-state index contributed by atoms with van der Waals surface area (Å²) in [6.07, 6.45) is 7.32. The minimum Gasteiger partial charge on any atom is -0.469 e. The Morgan fingerprint density at radius 3 is 2.44 bits per heavy atom. The van der Waals surface area contributed by atoms with E-state index in [2.05, 4.69) is 12.2 Å². The Morgan fingerprint density at radius 2 is 2.00 bits per heavy atom. The van der Waals surface area contributed by atoms with Gasteiger partial charge < -0.3 is 10.1 Å². The zero-order chi connectivity index (χ0) is 12.0. The maximum absolute atomic E-state index is 11.7. The Kier molecular flexibility index (Phi) is 5.81. The van der Waals surface area contributed by atoms with E-state index in [1.54, 1.807) is 0 Å². The van der Waals surface area contributed by atoms with Crippen LogP contribution in [0.15, 0.2) is 0 Å². The van der Waals surface area contributed by atoms with E-state index in [0.29, 0.717) is 5.92 Å². The maximum atomic E-state index is 11.7. The van der Waals surface area contributed by atoms with E-state index in [1.807, 2.05) is 7.05 Å². The summed E-state index contributed by atoms with van der Waals surface area (Å²) >= 11 is 0. The van der Waals surface area contributed by atoms with Crippen molar-refractivity contribution < 1.29 is 9.53 Å². The van der Waals surface area contributed by atoms with Gasteiger partial charge in [0.25, 0.3) is 0 Å². The van der Waals surface area contributed by atoms with Gasteiger partial charge >= 0.3 is 5.97 Å². The first-order valence-corrected chi connectivity index (χ1v) is 6.49. The quantitative estimate of drug-likeness (QED) is 0.733. The molecule has 0 aromatic carbocycles. The molecule has 1 saturated carbocycles. The molecule has 1 N–H and O–H groups in total. The van der Waals surface area contributed by atoms with E-state index in [-0.39, 0.29) is 17.9 Å². The highest BCUT2D eigenvalue weighted by Gasteiger charge is 2.33. The van der Waals surface area contributed by atoms with Crippen LogP contribution in [0, 0.1) is 11.8 Å². The summed E-state index contributed by atoms with van der Waals surface area (Å²) in [5.74, 6) is 0.591. The van der Waals surface area contributed by atoms with Crippen molar-refractivity contribution in [2.24, 2.45) is 11.8 Å². The zero-order valence-corrected chi connectivity index (χ0v) is 10.8. The summed E-state index contributed by atoms with van der Waals surface area (Å²) < 4.78 is 4.90. The Hall–Kier alpha value is -0.570. The third kappa shape index (κ3) is 3.21. The van der Waals surface area contributed by atoms with Crippen LogP contribution in [0.4, 0.5) is 0 Å². The normalized spacial score (nSPS) is 21.4. The van der Waals surface area contributed by atoms with Gasteiger partial charge in [-0.25, -0.2) is 0 Å². The number of nitrogens with one attached hydrogen (secondary N) is 1. The lowest BCUT2D eigenvalue weighted by molar-refractivity contribution is -0.147. The van der Waals surface area contributed by atoms with Crippen molar-refractivity contribution in [2.75, 3.05) is 14.2 Å². The van der Waals surface area contributed by atoms with E-state index in [9.17, 15) is 4.79 Å². The predicted octanol–water partition coefficient (Wildman–Crippen LogP) is 2.35. The molecule has 0 bridgehead atoms. The molecule has 1 fully saturated rings. The standard InChI is InChI=1S/C13H25NO2/c1-4-11(13(15)16-3)12(14-2)10-8-6-5-7-9-10/h10-12,14H,4-9H2,1-3H3. The van der Waals surface area contributed by atoms with Gasteiger partial charge in [-0.05, 0) is 32.2 Å². The SMILES string of the molecule is CCC(C(=O)OC)C(NC)C1CCCCC1. The van der Waals surface area contributed by atoms with E-state index in [1.165, 1.54) is 39.2 Å². The number of hydrogen-bond acceptors (Lipinski definition) is 3. The molecule has 2 atom stereocenters. The summed E-state index contributed by atoms with van der Waals surface area (Å²) in [5.41, 5.74) is 0. The number of carbonyl (C=O) groups excluding carboxylic acids is 1. The molecular weight excluding hydrogens is 202 g/mol. The highest BCUT2D eigenvalue weighted by atomic mass is 16.5. The second-order valence-corrected chi connectivity index (χ2v) is 4.75. The Balaban J connectivity index is 2.65. The summed E-state index contributed by atoms with van der Waals surface area (Å²) in [7, 11) is 3.45. The van der Waals surface area contributed by atoms with Crippen molar-refractivity contribution in [1.82, 2.24) is 5.32 Å². The van der Waals surface area contributed by atoms with Crippen molar-refractivity contribution in [3.63, 3.8) is 0 Å². The second kappa shape index (κ2) is 6.89. The molecular formula is C13H25NO2. The van der Waals surface area contributed by atoms with Crippen LogP contribution in [0.5, 0.6) is 0 Å². The molecule has 16 heavy (non-hydrogen) atoms. The van der Waals surface area contributed by atoms with Crippen LogP contribution in [0.2, 0.25) is 0 Å². The van der Waals surface area contributed by atoms with Crippen LogP contribution >= 0.6 is 0 Å². The zero-order valence-electron chi connectivity index (χ0n) is 10.8. The monoisotopic (exact) mass is 227 g/mol.